The van der Waals surface area contributed by atoms with Gasteiger partial charge in [-0.2, -0.15) is 0 Å². The molecular weight excluding hydrogens is 411 g/mol. The Hall–Kier alpha value is -3.40. The number of aromatic nitrogens is 2. The third-order valence-electron chi connectivity index (χ3n) is 3.92. The van der Waals surface area contributed by atoms with Crippen LogP contribution in [0.1, 0.15) is 11.1 Å². The third kappa shape index (κ3) is 5.80. The van der Waals surface area contributed by atoms with Crippen LogP contribution in [0.15, 0.2) is 52.1 Å². The van der Waals surface area contributed by atoms with Crippen LogP contribution in [0.5, 0.6) is 5.75 Å². The average molecular weight is 430 g/mol. The van der Waals surface area contributed by atoms with E-state index in [-0.39, 0.29) is 29.3 Å². The van der Waals surface area contributed by atoms with Crippen molar-refractivity contribution in [2.45, 2.75) is 19.1 Å². The number of nitrogens with one attached hydrogen (secondary N) is 2. The first-order valence-corrected chi connectivity index (χ1v) is 9.90. The first kappa shape index (κ1) is 21.3. The molecule has 10 heteroatoms. The number of hydrogen-bond donors (Lipinski definition) is 2. The van der Waals surface area contributed by atoms with Crippen LogP contribution in [0, 0.1) is 19.7 Å². The molecule has 8 nitrogen and oxygen atoms in total. The second-order valence-electron chi connectivity index (χ2n) is 6.27. The quantitative estimate of drug-likeness (QED) is 0.438. The van der Waals surface area contributed by atoms with Crippen molar-refractivity contribution in [1.82, 2.24) is 21.0 Å². The molecule has 0 aliphatic heterocycles. The van der Waals surface area contributed by atoms with Crippen LogP contribution in [0.4, 0.5) is 4.39 Å². The van der Waals surface area contributed by atoms with E-state index in [1.807, 2.05) is 32.0 Å². The number of ether oxygens (including phenoxy) is 1. The van der Waals surface area contributed by atoms with Gasteiger partial charge in [0, 0.05) is 5.56 Å². The van der Waals surface area contributed by atoms with Gasteiger partial charge in [-0.1, -0.05) is 30.0 Å². The Labute approximate surface area is 176 Å². The lowest BCUT2D eigenvalue weighted by Crippen LogP contribution is -2.44. The second-order valence-corrected chi connectivity index (χ2v) is 7.20. The topological polar surface area (TPSA) is 106 Å². The van der Waals surface area contributed by atoms with E-state index in [2.05, 4.69) is 21.0 Å². The summed E-state index contributed by atoms with van der Waals surface area (Å²) in [6, 6.07) is 11.3. The predicted octanol–water partition coefficient (Wildman–Crippen LogP) is 2.81. The first-order chi connectivity index (χ1) is 14.4. The average Bonchev–Trinajstić information content (AvgIpc) is 3.20. The molecule has 0 spiro atoms. The van der Waals surface area contributed by atoms with Gasteiger partial charge in [-0.25, -0.2) is 4.39 Å². The third-order valence-corrected chi connectivity index (χ3v) is 4.74. The maximum absolute atomic E-state index is 13.0. The van der Waals surface area contributed by atoms with Crippen molar-refractivity contribution >= 4 is 23.6 Å². The Morgan fingerprint density at radius 3 is 2.40 bits per heavy atom. The SMILES string of the molecule is Cc1cccc(C)c1OCC(=O)NNC(=O)CSc1nnc(-c2ccc(F)cc2)o1. The first-order valence-electron chi connectivity index (χ1n) is 8.91. The summed E-state index contributed by atoms with van der Waals surface area (Å²) in [4.78, 5) is 23.8. The van der Waals surface area contributed by atoms with Gasteiger partial charge in [0.05, 0.1) is 5.75 Å². The molecule has 2 amide bonds. The molecule has 0 aliphatic carbocycles. The molecule has 1 heterocycles. The Morgan fingerprint density at radius 2 is 1.70 bits per heavy atom. The van der Waals surface area contributed by atoms with E-state index in [9.17, 15) is 14.0 Å². The van der Waals surface area contributed by atoms with Crippen LogP contribution in [-0.4, -0.2) is 34.4 Å². The van der Waals surface area contributed by atoms with E-state index >= 15 is 0 Å². The number of nitrogens with zero attached hydrogens (tertiary/aromatic N) is 2. The minimum Gasteiger partial charge on any atom is -0.483 e. The van der Waals surface area contributed by atoms with Gasteiger partial charge in [-0.05, 0) is 49.2 Å². The molecule has 30 heavy (non-hydrogen) atoms. The van der Waals surface area contributed by atoms with Crippen LogP contribution in [0.2, 0.25) is 0 Å². The monoisotopic (exact) mass is 430 g/mol. The van der Waals surface area contributed by atoms with Crippen LogP contribution in [0.25, 0.3) is 11.5 Å². The molecule has 0 unspecified atom stereocenters. The summed E-state index contributed by atoms with van der Waals surface area (Å²) in [5, 5.41) is 7.86. The van der Waals surface area contributed by atoms with Crippen molar-refractivity contribution in [3.05, 3.63) is 59.4 Å². The largest absolute Gasteiger partial charge is 0.483 e. The summed E-state index contributed by atoms with van der Waals surface area (Å²) in [6.45, 7) is 3.54. The van der Waals surface area contributed by atoms with Gasteiger partial charge in [0.15, 0.2) is 6.61 Å². The number of benzene rings is 2. The van der Waals surface area contributed by atoms with Crippen LogP contribution in [0.3, 0.4) is 0 Å². The molecule has 0 radical (unpaired) electrons. The maximum Gasteiger partial charge on any atom is 0.277 e. The smallest absolute Gasteiger partial charge is 0.277 e. The van der Waals surface area contributed by atoms with E-state index < -0.39 is 11.8 Å². The number of rotatable bonds is 7. The van der Waals surface area contributed by atoms with Gasteiger partial charge in [0.2, 0.25) is 11.8 Å². The second kappa shape index (κ2) is 9.88. The fourth-order valence-electron chi connectivity index (χ4n) is 2.48. The van der Waals surface area contributed by atoms with Crippen molar-refractivity contribution < 1.29 is 23.1 Å². The molecule has 3 aromatic rings. The van der Waals surface area contributed by atoms with E-state index in [0.29, 0.717) is 11.3 Å². The predicted molar refractivity (Wildman–Crippen MR) is 108 cm³/mol. The van der Waals surface area contributed by atoms with Gasteiger partial charge in [-0.15, -0.1) is 10.2 Å². The highest BCUT2D eigenvalue weighted by Gasteiger charge is 2.12. The van der Waals surface area contributed by atoms with Gasteiger partial charge in [0.25, 0.3) is 11.1 Å². The highest BCUT2D eigenvalue weighted by atomic mass is 32.2. The molecule has 0 atom stereocenters. The number of hydrazine groups is 1. The van der Waals surface area contributed by atoms with Crippen molar-refractivity contribution in [1.29, 1.82) is 0 Å². The molecule has 0 aliphatic rings. The summed E-state index contributed by atoms with van der Waals surface area (Å²) in [6.07, 6.45) is 0. The number of hydrogen-bond acceptors (Lipinski definition) is 7. The highest BCUT2D eigenvalue weighted by Crippen LogP contribution is 2.23. The molecule has 3 rings (SSSR count). The van der Waals surface area contributed by atoms with Crippen molar-refractivity contribution in [2.24, 2.45) is 0 Å². The lowest BCUT2D eigenvalue weighted by atomic mass is 10.1. The van der Waals surface area contributed by atoms with E-state index in [1.165, 1.54) is 24.3 Å². The number of carbonyl (C=O) groups is 2. The fourth-order valence-corrected chi connectivity index (χ4v) is 3.04. The summed E-state index contributed by atoms with van der Waals surface area (Å²) in [5.74, 6) is -0.513. The molecule has 1 aromatic heterocycles. The van der Waals surface area contributed by atoms with Crippen LogP contribution < -0.4 is 15.6 Å². The van der Waals surface area contributed by atoms with Crippen molar-refractivity contribution in [3.63, 3.8) is 0 Å². The summed E-state index contributed by atoms with van der Waals surface area (Å²) in [7, 11) is 0. The van der Waals surface area contributed by atoms with Crippen LogP contribution >= 0.6 is 11.8 Å². The molecule has 156 valence electrons. The lowest BCUT2D eigenvalue weighted by molar-refractivity contribution is -0.128. The van der Waals surface area contributed by atoms with Gasteiger partial charge in [0.1, 0.15) is 11.6 Å². The lowest BCUT2D eigenvalue weighted by Gasteiger charge is -2.12. The molecule has 0 bridgehead atoms. The molecule has 2 aromatic carbocycles. The summed E-state index contributed by atoms with van der Waals surface area (Å²) >= 11 is 1.00. The normalized spacial score (nSPS) is 10.5. The van der Waals surface area contributed by atoms with E-state index in [1.54, 1.807) is 0 Å². The number of aryl methyl sites for hydroxylation is 2. The van der Waals surface area contributed by atoms with Crippen molar-refractivity contribution in [3.8, 4) is 17.2 Å². The highest BCUT2D eigenvalue weighted by molar-refractivity contribution is 7.99. The number of thioether (sulfide) groups is 1. The Morgan fingerprint density at radius 1 is 1.03 bits per heavy atom. The van der Waals surface area contributed by atoms with E-state index in [4.69, 9.17) is 9.15 Å². The number of para-hydroxylation sites is 1. The van der Waals surface area contributed by atoms with Gasteiger partial charge >= 0.3 is 0 Å². The number of carbonyl (C=O) groups excluding carboxylic acids is 2. The molecule has 0 fully saturated rings. The van der Waals surface area contributed by atoms with Crippen LogP contribution in [-0.2, 0) is 9.59 Å². The minimum absolute atomic E-state index is 0.0525. The molecule has 0 saturated carbocycles. The van der Waals surface area contributed by atoms with E-state index in [0.717, 1.165) is 22.9 Å². The maximum atomic E-state index is 13.0. The zero-order valence-corrected chi connectivity index (χ0v) is 17.1. The zero-order chi connectivity index (χ0) is 21.5. The molecule has 0 saturated heterocycles. The number of halogens is 1. The molecular formula is C20H19FN4O4S. The minimum atomic E-state index is -0.493. The Bertz CT molecular complexity index is 1020. The van der Waals surface area contributed by atoms with Gasteiger partial charge in [-0.3, -0.25) is 20.4 Å². The zero-order valence-electron chi connectivity index (χ0n) is 16.3. The standard InChI is InChI=1S/C20H19FN4O4S/c1-12-4-3-5-13(2)18(12)28-10-16(26)22-23-17(27)11-30-20-25-24-19(29-20)14-6-8-15(21)9-7-14/h3-9H,10-11H2,1-2H3,(H,22,26)(H,23,27). The fraction of sp³-hybridized carbons (Fsp3) is 0.200. The Kier molecular flexibility index (Phi) is 7.02. The van der Waals surface area contributed by atoms with Crippen molar-refractivity contribution in [2.75, 3.05) is 12.4 Å². The van der Waals surface area contributed by atoms with Gasteiger partial charge < -0.3 is 9.15 Å². The Balaban J connectivity index is 1.41. The molecule has 2 N–H and O–H groups in total. The summed E-state index contributed by atoms with van der Waals surface area (Å²) in [5.41, 5.74) is 6.98. The summed E-state index contributed by atoms with van der Waals surface area (Å²) < 4.78 is 23.9. The number of amides is 2.